The number of aldehydes is 1. The smallest absolute Gasteiger partial charge is 0.144 e. The van der Waals surface area contributed by atoms with Crippen molar-refractivity contribution in [3.63, 3.8) is 0 Å². The molecule has 0 spiro atoms. The van der Waals surface area contributed by atoms with Gasteiger partial charge in [0.25, 0.3) is 0 Å². The zero-order valence-corrected chi connectivity index (χ0v) is 11.8. The summed E-state index contributed by atoms with van der Waals surface area (Å²) in [6.45, 7) is 0. The molecular formula is C15H10BrClO. The van der Waals surface area contributed by atoms with Crippen LogP contribution in [0.2, 0.25) is 0 Å². The Morgan fingerprint density at radius 2 is 1.44 bits per heavy atom. The Labute approximate surface area is 119 Å². The molecule has 0 saturated carbocycles. The van der Waals surface area contributed by atoms with Gasteiger partial charge in [-0.1, -0.05) is 63.9 Å². The second kappa shape index (κ2) is 5.98. The lowest BCUT2D eigenvalue weighted by Crippen LogP contribution is -1.81. The normalized spacial score (nSPS) is 11.3. The number of allylic oxidation sites excluding steroid dienone is 1. The summed E-state index contributed by atoms with van der Waals surface area (Å²) >= 11 is 9.36. The molecule has 0 unspecified atom stereocenters. The van der Waals surface area contributed by atoms with Gasteiger partial charge in [0.15, 0.2) is 0 Å². The quantitative estimate of drug-likeness (QED) is 0.581. The molecule has 0 aromatic heterocycles. The largest absolute Gasteiger partial charge is 0.299 e. The van der Waals surface area contributed by atoms with Crippen molar-refractivity contribution in [1.29, 1.82) is 0 Å². The van der Waals surface area contributed by atoms with Crippen LogP contribution in [0.1, 0.15) is 5.56 Å². The van der Waals surface area contributed by atoms with Gasteiger partial charge in [-0.05, 0) is 34.9 Å². The van der Waals surface area contributed by atoms with Gasteiger partial charge in [-0.2, -0.15) is 0 Å². The number of carbonyl (C=O) groups is 1. The highest BCUT2D eigenvalue weighted by Gasteiger charge is 2.00. The molecule has 0 aliphatic heterocycles. The monoisotopic (exact) mass is 320 g/mol. The maximum absolute atomic E-state index is 10.3. The molecule has 0 N–H and O–H groups in total. The minimum absolute atomic E-state index is 0.451. The molecule has 0 saturated heterocycles. The van der Waals surface area contributed by atoms with Crippen LogP contribution in [0.5, 0.6) is 0 Å². The first-order valence-electron chi connectivity index (χ1n) is 5.38. The summed E-state index contributed by atoms with van der Waals surface area (Å²) in [5.41, 5.74) is 3.09. The maximum Gasteiger partial charge on any atom is 0.144 e. The van der Waals surface area contributed by atoms with E-state index in [1.165, 1.54) is 6.08 Å². The number of halogens is 2. The lowest BCUT2D eigenvalue weighted by Gasteiger charge is -2.04. The number of benzene rings is 2. The van der Waals surface area contributed by atoms with Crippen molar-refractivity contribution in [2.45, 2.75) is 0 Å². The van der Waals surface area contributed by atoms with Gasteiger partial charge in [0.05, 0.1) is 5.03 Å². The Bertz CT molecular complexity index is 570. The molecule has 3 heteroatoms. The summed E-state index contributed by atoms with van der Waals surface area (Å²) in [6.07, 6.45) is 2.03. The van der Waals surface area contributed by atoms with E-state index in [-0.39, 0.29) is 0 Å². The first-order valence-corrected chi connectivity index (χ1v) is 6.55. The predicted octanol–water partition coefficient (Wildman–Crippen LogP) is 4.89. The zero-order chi connectivity index (χ0) is 13.0. The second-order valence-corrected chi connectivity index (χ2v) is 5.06. The van der Waals surface area contributed by atoms with Gasteiger partial charge in [0, 0.05) is 4.47 Å². The van der Waals surface area contributed by atoms with Crippen LogP contribution in [0.3, 0.4) is 0 Å². The molecule has 0 aliphatic carbocycles. The van der Waals surface area contributed by atoms with E-state index < -0.39 is 0 Å². The third-order valence-corrected chi connectivity index (χ3v) is 3.43. The average molecular weight is 322 g/mol. The molecule has 0 bridgehead atoms. The van der Waals surface area contributed by atoms with Crippen LogP contribution < -0.4 is 0 Å². The van der Waals surface area contributed by atoms with Crippen molar-refractivity contribution >= 4 is 38.8 Å². The molecule has 18 heavy (non-hydrogen) atoms. The second-order valence-electron chi connectivity index (χ2n) is 3.73. The van der Waals surface area contributed by atoms with E-state index in [2.05, 4.69) is 15.9 Å². The fraction of sp³-hybridized carbons (Fsp3) is 0. The topological polar surface area (TPSA) is 17.1 Å². The van der Waals surface area contributed by atoms with Gasteiger partial charge < -0.3 is 0 Å². The lowest BCUT2D eigenvalue weighted by molar-refractivity contribution is -0.104. The molecule has 0 amide bonds. The maximum atomic E-state index is 10.3. The van der Waals surface area contributed by atoms with Crippen molar-refractivity contribution in [1.82, 2.24) is 0 Å². The Hall–Kier alpha value is -1.38. The molecule has 2 aromatic carbocycles. The van der Waals surface area contributed by atoms with Crippen LogP contribution in [-0.4, -0.2) is 6.29 Å². The fourth-order valence-electron chi connectivity index (χ4n) is 1.62. The summed E-state index contributed by atoms with van der Waals surface area (Å²) in [5.74, 6) is 0. The SMILES string of the molecule is O=CC=C(Cl)c1ccc(-c2ccc(Br)cc2)cc1. The van der Waals surface area contributed by atoms with E-state index in [1.54, 1.807) is 0 Å². The molecule has 1 nitrogen and oxygen atoms in total. The van der Waals surface area contributed by atoms with E-state index in [0.29, 0.717) is 11.3 Å². The molecule has 0 fully saturated rings. The molecule has 0 radical (unpaired) electrons. The van der Waals surface area contributed by atoms with E-state index in [1.807, 2.05) is 48.5 Å². The predicted molar refractivity (Wildman–Crippen MR) is 79.5 cm³/mol. The number of rotatable bonds is 3. The summed E-state index contributed by atoms with van der Waals surface area (Å²) in [7, 11) is 0. The third-order valence-electron chi connectivity index (χ3n) is 2.55. The Morgan fingerprint density at radius 1 is 0.944 bits per heavy atom. The van der Waals surface area contributed by atoms with Crippen LogP contribution in [0.25, 0.3) is 16.2 Å². The van der Waals surface area contributed by atoms with Crippen molar-refractivity contribution in [3.05, 3.63) is 64.6 Å². The van der Waals surface area contributed by atoms with Gasteiger partial charge in [-0.3, -0.25) is 4.79 Å². The summed E-state index contributed by atoms with van der Waals surface area (Å²) in [4.78, 5) is 10.3. The standard InChI is InChI=1S/C15H10BrClO/c16-14-7-5-12(6-8-14)11-1-3-13(4-2-11)15(17)9-10-18/h1-10H. The highest BCUT2D eigenvalue weighted by Crippen LogP contribution is 2.25. The highest BCUT2D eigenvalue weighted by atomic mass is 79.9. The minimum Gasteiger partial charge on any atom is -0.299 e. The van der Waals surface area contributed by atoms with E-state index >= 15 is 0 Å². The third kappa shape index (κ3) is 3.09. The van der Waals surface area contributed by atoms with Crippen LogP contribution in [0.15, 0.2) is 59.1 Å². The lowest BCUT2D eigenvalue weighted by atomic mass is 10.0. The van der Waals surface area contributed by atoms with Crippen LogP contribution >= 0.6 is 27.5 Å². The Morgan fingerprint density at radius 3 is 1.94 bits per heavy atom. The van der Waals surface area contributed by atoms with Crippen LogP contribution in [0.4, 0.5) is 0 Å². The molecule has 2 aromatic rings. The van der Waals surface area contributed by atoms with Gasteiger partial charge in [-0.15, -0.1) is 0 Å². The van der Waals surface area contributed by atoms with Gasteiger partial charge in [0.2, 0.25) is 0 Å². The van der Waals surface area contributed by atoms with Crippen molar-refractivity contribution in [3.8, 4) is 11.1 Å². The summed E-state index contributed by atoms with van der Waals surface area (Å²) in [6, 6.07) is 15.9. The Kier molecular flexibility index (Phi) is 4.34. The van der Waals surface area contributed by atoms with Crippen molar-refractivity contribution < 1.29 is 4.79 Å². The zero-order valence-electron chi connectivity index (χ0n) is 9.44. The Balaban J connectivity index is 2.30. The van der Waals surface area contributed by atoms with E-state index in [9.17, 15) is 4.79 Å². The van der Waals surface area contributed by atoms with Crippen LogP contribution in [-0.2, 0) is 4.79 Å². The molecule has 0 aliphatic rings. The van der Waals surface area contributed by atoms with Crippen LogP contribution in [0, 0.1) is 0 Å². The molecule has 2 rings (SSSR count). The van der Waals surface area contributed by atoms with E-state index in [0.717, 1.165) is 21.2 Å². The molecule has 0 atom stereocenters. The number of hydrogen-bond donors (Lipinski definition) is 0. The van der Waals surface area contributed by atoms with E-state index in [4.69, 9.17) is 11.6 Å². The van der Waals surface area contributed by atoms with Gasteiger partial charge in [-0.25, -0.2) is 0 Å². The van der Waals surface area contributed by atoms with Crippen molar-refractivity contribution in [2.24, 2.45) is 0 Å². The highest BCUT2D eigenvalue weighted by molar-refractivity contribution is 9.10. The molecule has 0 heterocycles. The van der Waals surface area contributed by atoms with Gasteiger partial charge >= 0.3 is 0 Å². The van der Waals surface area contributed by atoms with Gasteiger partial charge in [0.1, 0.15) is 6.29 Å². The first kappa shape index (κ1) is 13.1. The number of carbonyl (C=O) groups excluding carboxylic acids is 1. The molecular weight excluding hydrogens is 312 g/mol. The summed E-state index contributed by atoms with van der Waals surface area (Å²) < 4.78 is 1.06. The first-order chi connectivity index (χ1) is 8.70. The number of hydrogen-bond acceptors (Lipinski definition) is 1. The van der Waals surface area contributed by atoms with Crippen molar-refractivity contribution in [2.75, 3.05) is 0 Å². The molecule has 90 valence electrons. The fourth-order valence-corrected chi connectivity index (χ4v) is 2.06. The average Bonchev–Trinajstić information content (AvgIpc) is 2.40. The summed E-state index contributed by atoms with van der Waals surface area (Å²) in [5, 5.41) is 0.451. The minimum atomic E-state index is 0.451.